The molecule has 0 aliphatic carbocycles. The number of carboxylic acid groups (broad SMARTS) is 1. The van der Waals surface area contributed by atoms with Crippen LogP contribution in [0.5, 0.6) is 0 Å². The second-order valence-corrected chi connectivity index (χ2v) is 6.51. The Kier molecular flexibility index (Phi) is 5.12. The standard InChI is InChI=1S/C15H20N2O3S/c1-15(13(18)19,12-5-3-2-4-6-12)17-14(20)16-9-11-7-8-21-10-11/h2-6,11H,7-10H2,1H3,(H,18,19)(H2,16,17,20). The zero-order chi connectivity index (χ0) is 15.3. The summed E-state index contributed by atoms with van der Waals surface area (Å²) in [6, 6.07) is 8.27. The predicted octanol–water partition coefficient (Wildman–Crippen LogP) is 2.04. The SMILES string of the molecule is CC(NC(=O)NCC1CCSC1)(C(=O)O)c1ccccc1. The monoisotopic (exact) mass is 308 g/mol. The molecule has 2 unspecified atom stereocenters. The highest BCUT2D eigenvalue weighted by Crippen LogP contribution is 2.23. The fourth-order valence-electron chi connectivity index (χ4n) is 2.27. The summed E-state index contributed by atoms with van der Waals surface area (Å²) in [6.45, 7) is 2.08. The Balaban J connectivity index is 1.99. The lowest BCUT2D eigenvalue weighted by Gasteiger charge is -2.27. The van der Waals surface area contributed by atoms with Crippen molar-refractivity contribution in [1.82, 2.24) is 10.6 Å². The number of benzene rings is 1. The molecule has 21 heavy (non-hydrogen) atoms. The molecule has 5 nitrogen and oxygen atoms in total. The number of carbonyl (C=O) groups excluding carboxylic acids is 1. The van der Waals surface area contributed by atoms with Gasteiger partial charge in [0.25, 0.3) is 0 Å². The third-order valence-corrected chi connectivity index (χ3v) is 4.95. The van der Waals surface area contributed by atoms with Crippen LogP contribution in [0.15, 0.2) is 30.3 Å². The molecule has 1 heterocycles. The van der Waals surface area contributed by atoms with Crippen LogP contribution < -0.4 is 10.6 Å². The molecule has 1 fully saturated rings. The highest BCUT2D eigenvalue weighted by molar-refractivity contribution is 7.99. The van der Waals surface area contributed by atoms with Gasteiger partial charge in [0.05, 0.1) is 0 Å². The first kappa shape index (κ1) is 15.7. The molecule has 0 spiro atoms. The molecule has 114 valence electrons. The number of amides is 2. The summed E-state index contributed by atoms with van der Waals surface area (Å²) >= 11 is 1.88. The van der Waals surface area contributed by atoms with E-state index in [4.69, 9.17) is 0 Å². The predicted molar refractivity (Wildman–Crippen MR) is 83.4 cm³/mol. The summed E-state index contributed by atoms with van der Waals surface area (Å²) in [5.74, 6) is 1.58. The Bertz CT molecular complexity index is 503. The van der Waals surface area contributed by atoms with Gasteiger partial charge >= 0.3 is 12.0 Å². The second kappa shape index (κ2) is 6.85. The fourth-order valence-corrected chi connectivity index (χ4v) is 3.56. The van der Waals surface area contributed by atoms with Crippen LogP contribution in [-0.2, 0) is 10.3 Å². The molecular weight excluding hydrogens is 288 g/mol. The lowest BCUT2D eigenvalue weighted by Crippen LogP contribution is -2.53. The van der Waals surface area contributed by atoms with Crippen molar-refractivity contribution >= 4 is 23.8 Å². The van der Waals surface area contributed by atoms with Gasteiger partial charge in [-0.3, -0.25) is 0 Å². The molecule has 0 aromatic heterocycles. The van der Waals surface area contributed by atoms with Crippen LogP contribution in [0.3, 0.4) is 0 Å². The van der Waals surface area contributed by atoms with E-state index >= 15 is 0 Å². The van der Waals surface area contributed by atoms with Gasteiger partial charge in [-0.2, -0.15) is 11.8 Å². The van der Waals surface area contributed by atoms with Crippen LogP contribution in [0.2, 0.25) is 0 Å². The topological polar surface area (TPSA) is 78.4 Å². The maximum Gasteiger partial charge on any atom is 0.333 e. The van der Waals surface area contributed by atoms with Gasteiger partial charge in [-0.05, 0) is 36.3 Å². The van der Waals surface area contributed by atoms with Crippen molar-refractivity contribution < 1.29 is 14.7 Å². The fraction of sp³-hybridized carbons (Fsp3) is 0.467. The third kappa shape index (κ3) is 3.91. The smallest absolute Gasteiger partial charge is 0.333 e. The molecule has 1 aliphatic rings. The van der Waals surface area contributed by atoms with Crippen molar-refractivity contribution in [3.05, 3.63) is 35.9 Å². The summed E-state index contributed by atoms with van der Waals surface area (Å²) in [6.07, 6.45) is 1.10. The molecule has 2 atom stereocenters. The molecule has 1 aromatic carbocycles. The van der Waals surface area contributed by atoms with E-state index in [1.807, 2.05) is 17.8 Å². The Hall–Kier alpha value is -1.69. The number of urea groups is 1. The summed E-state index contributed by atoms with van der Waals surface area (Å²) < 4.78 is 0. The minimum absolute atomic E-state index is 0.444. The van der Waals surface area contributed by atoms with Crippen molar-refractivity contribution in [2.24, 2.45) is 5.92 Å². The molecule has 0 saturated carbocycles. The van der Waals surface area contributed by atoms with Crippen LogP contribution in [0.25, 0.3) is 0 Å². The summed E-state index contributed by atoms with van der Waals surface area (Å²) in [4.78, 5) is 23.6. The van der Waals surface area contributed by atoms with Gasteiger partial charge in [-0.15, -0.1) is 0 Å². The molecule has 0 radical (unpaired) electrons. The minimum atomic E-state index is -1.43. The zero-order valence-electron chi connectivity index (χ0n) is 12.0. The van der Waals surface area contributed by atoms with Crippen molar-refractivity contribution in [3.8, 4) is 0 Å². The van der Waals surface area contributed by atoms with Crippen LogP contribution in [0, 0.1) is 5.92 Å². The highest BCUT2D eigenvalue weighted by atomic mass is 32.2. The Morgan fingerprint density at radius 2 is 2.10 bits per heavy atom. The van der Waals surface area contributed by atoms with Crippen molar-refractivity contribution in [2.45, 2.75) is 18.9 Å². The van der Waals surface area contributed by atoms with E-state index in [9.17, 15) is 14.7 Å². The largest absolute Gasteiger partial charge is 0.479 e. The molecule has 3 N–H and O–H groups in total. The molecule has 2 rings (SSSR count). The lowest BCUT2D eigenvalue weighted by atomic mass is 9.92. The van der Waals surface area contributed by atoms with Gasteiger partial charge in [0.1, 0.15) is 0 Å². The quantitative estimate of drug-likeness (QED) is 0.778. The highest BCUT2D eigenvalue weighted by Gasteiger charge is 2.36. The van der Waals surface area contributed by atoms with Gasteiger partial charge in [0.2, 0.25) is 0 Å². The van der Waals surface area contributed by atoms with Crippen LogP contribution in [0.1, 0.15) is 18.9 Å². The van der Waals surface area contributed by atoms with Crippen molar-refractivity contribution in [2.75, 3.05) is 18.1 Å². The molecular formula is C15H20N2O3S. The van der Waals surface area contributed by atoms with Gasteiger partial charge in [0.15, 0.2) is 5.54 Å². The van der Waals surface area contributed by atoms with E-state index in [2.05, 4.69) is 10.6 Å². The first-order valence-electron chi connectivity index (χ1n) is 6.95. The molecule has 2 amide bonds. The minimum Gasteiger partial charge on any atom is -0.479 e. The number of rotatable bonds is 5. The molecule has 1 aromatic rings. The van der Waals surface area contributed by atoms with E-state index < -0.39 is 17.5 Å². The average molecular weight is 308 g/mol. The Morgan fingerprint density at radius 3 is 2.67 bits per heavy atom. The van der Waals surface area contributed by atoms with E-state index in [0.29, 0.717) is 18.0 Å². The number of nitrogens with one attached hydrogen (secondary N) is 2. The van der Waals surface area contributed by atoms with E-state index in [-0.39, 0.29) is 0 Å². The Labute approximate surface area is 128 Å². The van der Waals surface area contributed by atoms with E-state index in [1.54, 1.807) is 24.3 Å². The number of carbonyl (C=O) groups is 2. The molecule has 6 heteroatoms. The van der Waals surface area contributed by atoms with E-state index in [0.717, 1.165) is 17.9 Å². The normalized spacial score (nSPS) is 20.5. The maximum atomic E-state index is 12.0. The summed E-state index contributed by atoms with van der Waals surface area (Å²) in [5.41, 5.74) is -0.889. The second-order valence-electron chi connectivity index (χ2n) is 5.36. The first-order valence-corrected chi connectivity index (χ1v) is 8.10. The zero-order valence-corrected chi connectivity index (χ0v) is 12.8. The van der Waals surface area contributed by atoms with Gasteiger partial charge in [-0.1, -0.05) is 30.3 Å². The molecule has 1 aliphatic heterocycles. The summed E-state index contributed by atoms with van der Waals surface area (Å²) in [7, 11) is 0. The van der Waals surface area contributed by atoms with Gasteiger partial charge in [-0.25, -0.2) is 9.59 Å². The Morgan fingerprint density at radius 1 is 1.38 bits per heavy atom. The third-order valence-electron chi connectivity index (χ3n) is 3.72. The van der Waals surface area contributed by atoms with E-state index in [1.165, 1.54) is 6.92 Å². The lowest BCUT2D eigenvalue weighted by molar-refractivity contribution is -0.144. The first-order chi connectivity index (χ1) is 10.0. The number of thioether (sulfide) groups is 1. The molecule has 0 bridgehead atoms. The number of hydrogen-bond acceptors (Lipinski definition) is 3. The van der Waals surface area contributed by atoms with Gasteiger partial charge < -0.3 is 15.7 Å². The summed E-state index contributed by atoms with van der Waals surface area (Å²) in [5, 5.41) is 14.8. The van der Waals surface area contributed by atoms with Gasteiger partial charge in [0, 0.05) is 6.54 Å². The average Bonchev–Trinajstić information content (AvgIpc) is 2.99. The maximum absolute atomic E-state index is 12.0. The number of carboxylic acids is 1. The van der Waals surface area contributed by atoms with Crippen LogP contribution in [-0.4, -0.2) is 35.2 Å². The van der Waals surface area contributed by atoms with Crippen molar-refractivity contribution in [1.29, 1.82) is 0 Å². The van der Waals surface area contributed by atoms with Crippen LogP contribution in [0.4, 0.5) is 4.79 Å². The van der Waals surface area contributed by atoms with Crippen LogP contribution >= 0.6 is 11.8 Å². The van der Waals surface area contributed by atoms with Crippen molar-refractivity contribution in [3.63, 3.8) is 0 Å². The number of hydrogen-bond donors (Lipinski definition) is 3. The number of aliphatic carboxylic acids is 1. The molecule has 1 saturated heterocycles.